The van der Waals surface area contributed by atoms with Gasteiger partial charge in [0.15, 0.2) is 0 Å². The summed E-state index contributed by atoms with van der Waals surface area (Å²) in [5.41, 5.74) is -0.218. The van der Waals surface area contributed by atoms with Crippen LogP contribution in [0.1, 0.15) is 13.3 Å². The normalized spacial score (nSPS) is 40.4. The van der Waals surface area contributed by atoms with E-state index in [9.17, 15) is 4.79 Å². The van der Waals surface area contributed by atoms with Crippen LogP contribution in [-0.4, -0.2) is 37.9 Å². The predicted molar refractivity (Wildman–Crippen MR) is 46.3 cm³/mol. The lowest BCUT2D eigenvalue weighted by molar-refractivity contribution is -0.148. The molecule has 1 N–H and O–H groups in total. The van der Waals surface area contributed by atoms with Gasteiger partial charge in [-0.15, -0.1) is 0 Å². The van der Waals surface area contributed by atoms with Gasteiger partial charge in [0.25, 0.3) is 0 Å². The van der Waals surface area contributed by atoms with Crippen molar-refractivity contribution >= 4 is 5.91 Å². The molecule has 1 amide bonds. The average Bonchev–Trinajstić information content (AvgIpc) is 2.63. The standard InChI is InChI=1S/C9H15NO3/c1-9(7-2-3-12-4-7)6-10-8(11)5-13-9/h7H,2-6H2,1H3,(H,10,11). The minimum absolute atomic E-state index is 0.0172. The molecule has 0 aromatic heterocycles. The van der Waals surface area contributed by atoms with Crippen LogP contribution in [0.3, 0.4) is 0 Å². The second-order valence-electron chi connectivity index (χ2n) is 3.94. The van der Waals surface area contributed by atoms with Gasteiger partial charge in [0, 0.05) is 19.1 Å². The number of hydrogen-bond donors (Lipinski definition) is 1. The number of morpholine rings is 1. The van der Waals surface area contributed by atoms with Crippen LogP contribution < -0.4 is 5.32 Å². The largest absolute Gasteiger partial charge is 0.381 e. The first-order valence-electron chi connectivity index (χ1n) is 4.69. The Morgan fingerprint density at radius 2 is 2.46 bits per heavy atom. The fourth-order valence-corrected chi connectivity index (χ4v) is 1.88. The lowest BCUT2D eigenvalue weighted by Gasteiger charge is -2.38. The zero-order valence-corrected chi connectivity index (χ0v) is 7.84. The molecule has 2 saturated heterocycles. The number of hydrogen-bond acceptors (Lipinski definition) is 3. The molecule has 4 heteroatoms. The van der Waals surface area contributed by atoms with Crippen molar-refractivity contribution in [1.29, 1.82) is 0 Å². The van der Waals surface area contributed by atoms with Crippen molar-refractivity contribution in [2.75, 3.05) is 26.4 Å². The molecule has 13 heavy (non-hydrogen) atoms. The fourth-order valence-electron chi connectivity index (χ4n) is 1.88. The van der Waals surface area contributed by atoms with Crippen LogP contribution in [0.5, 0.6) is 0 Å². The average molecular weight is 185 g/mol. The lowest BCUT2D eigenvalue weighted by atomic mass is 9.87. The lowest BCUT2D eigenvalue weighted by Crippen LogP contribution is -2.54. The van der Waals surface area contributed by atoms with E-state index in [1.807, 2.05) is 6.92 Å². The van der Waals surface area contributed by atoms with E-state index in [0.717, 1.165) is 19.6 Å². The van der Waals surface area contributed by atoms with Gasteiger partial charge in [-0.3, -0.25) is 4.79 Å². The zero-order chi connectivity index (χ0) is 9.31. The molecular weight excluding hydrogens is 170 g/mol. The molecular formula is C9H15NO3. The molecule has 2 aliphatic rings. The molecule has 2 rings (SSSR count). The molecule has 2 fully saturated rings. The van der Waals surface area contributed by atoms with Gasteiger partial charge in [-0.25, -0.2) is 0 Å². The first kappa shape index (κ1) is 8.97. The molecule has 0 spiro atoms. The Morgan fingerprint density at radius 1 is 1.62 bits per heavy atom. The molecule has 2 unspecified atom stereocenters. The molecule has 2 atom stereocenters. The zero-order valence-electron chi connectivity index (χ0n) is 7.84. The third-order valence-corrected chi connectivity index (χ3v) is 2.96. The Hall–Kier alpha value is -0.610. The van der Waals surface area contributed by atoms with Crippen LogP contribution in [0.4, 0.5) is 0 Å². The van der Waals surface area contributed by atoms with Crippen molar-refractivity contribution in [2.24, 2.45) is 5.92 Å². The van der Waals surface area contributed by atoms with Crippen molar-refractivity contribution in [3.63, 3.8) is 0 Å². The highest BCUT2D eigenvalue weighted by molar-refractivity contribution is 5.78. The van der Waals surface area contributed by atoms with Gasteiger partial charge in [-0.1, -0.05) is 0 Å². The Labute approximate surface area is 77.6 Å². The van der Waals surface area contributed by atoms with Crippen LogP contribution in [0.2, 0.25) is 0 Å². The molecule has 0 saturated carbocycles. The highest BCUT2D eigenvalue weighted by Gasteiger charge is 2.40. The van der Waals surface area contributed by atoms with Crippen LogP contribution in [0.25, 0.3) is 0 Å². The van der Waals surface area contributed by atoms with Crippen LogP contribution >= 0.6 is 0 Å². The molecule has 0 radical (unpaired) electrons. The summed E-state index contributed by atoms with van der Waals surface area (Å²) in [4.78, 5) is 10.9. The number of nitrogens with one attached hydrogen (secondary N) is 1. The Kier molecular flexibility index (Phi) is 2.26. The molecule has 2 aliphatic heterocycles. The quantitative estimate of drug-likeness (QED) is 0.622. The molecule has 74 valence electrons. The van der Waals surface area contributed by atoms with Crippen molar-refractivity contribution < 1.29 is 14.3 Å². The summed E-state index contributed by atoms with van der Waals surface area (Å²) in [6.45, 7) is 4.42. The van der Waals surface area contributed by atoms with E-state index < -0.39 is 0 Å². The minimum Gasteiger partial charge on any atom is -0.381 e. The van der Waals surface area contributed by atoms with Crippen LogP contribution in [0, 0.1) is 5.92 Å². The summed E-state index contributed by atoms with van der Waals surface area (Å²) in [5.74, 6) is 0.407. The Balaban J connectivity index is 1.98. The summed E-state index contributed by atoms with van der Waals surface area (Å²) in [6.07, 6.45) is 1.03. The summed E-state index contributed by atoms with van der Waals surface area (Å²) >= 11 is 0. The number of carbonyl (C=O) groups is 1. The molecule has 4 nitrogen and oxygen atoms in total. The van der Waals surface area contributed by atoms with E-state index >= 15 is 0 Å². The Bertz CT molecular complexity index is 201. The van der Waals surface area contributed by atoms with Gasteiger partial charge in [-0.2, -0.15) is 0 Å². The first-order valence-corrected chi connectivity index (χ1v) is 4.69. The van der Waals surface area contributed by atoms with Gasteiger partial charge in [0.2, 0.25) is 5.91 Å². The predicted octanol–water partition coefficient (Wildman–Crippen LogP) is -0.0720. The molecule has 0 aromatic carbocycles. The summed E-state index contributed by atoms with van der Waals surface area (Å²) < 4.78 is 10.9. The van der Waals surface area contributed by atoms with Crippen molar-refractivity contribution in [1.82, 2.24) is 5.32 Å². The first-order chi connectivity index (χ1) is 6.21. The maximum Gasteiger partial charge on any atom is 0.246 e. The summed E-state index contributed by atoms with van der Waals surface area (Å²) in [5, 5.41) is 2.83. The van der Waals surface area contributed by atoms with Crippen molar-refractivity contribution in [3.05, 3.63) is 0 Å². The number of amides is 1. The van der Waals surface area contributed by atoms with Gasteiger partial charge < -0.3 is 14.8 Å². The van der Waals surface area contributed by atoms with Gasteiger partial charge in [-0.05, 0) is 13.3 Å². The van der Waals surface area contributed by atoms with Crippen molar-refractivity contribution in [3.8, 4) is 0 Å². The maximum atomic E-state index is 10.9. The van der Waals surface area contributed by atoms with E-state index in [1.165, 1.54) is 0 Å². The Morgan fingerprint density at radius 3 is 3.00 bits per heavy atom. The number of rotatable bonds is 1. The topological polar surface area (TPSA) is 47.6 Å². The third-order valence-electron chi connectivity index (χ3n) is 2.96. The summed E-state index contributed by atoms with van der Waals surface area (Å²) in [7, 11) is 0. The highest BCUT2D eigenvalue weighted by Crippen LogP contribution is 2.29. The van der Waals surface area contributed by atoms with E-state index in [4.69, 9.17) is 9.47 Å². The van der Waals surface area contributed by atoms with E-state index in [-0.39, 0.29) is 18.1 Å². The van der Waals surface area contributed by atoms with Gasteiger partial charge in [0.1, 0.15) is 6.61 Å². The second-order valence-corrected chi connectivity index (χ2v) is 3.94. The fraction of sp³-hybridized carbons (Fsp3) is 0.889. The van der Waals surface area contributed by atoms with E-state index in [2.05, 4.69) is 5.32 Å². The smallest absolute Gasteiger partial charge is 0.246 e. The number of ether oxygens (including phenoxy) is 2. The molecule has 0 bridgehead atoms. The minimum atomic E-state index is -0.218. The third kappa shape index (κ3) is 1.69. The van der Waals surface area contributed by atoms with Crippen LogP contribution in [-0.2, 0) is 14.3 Å². The van der Waals surface area contributed by atoms with Crippen LogP contribution in [0.15, 0.2) is 0 Å². The monoisotopic (exact) mass is 185 g/mol. The molecule has 0 aromatic rings. The van der Waals surface area contributed by atoms with E-state index in [0.29, 0.717) is 12.5 Å². The summed E-state index contributed by atoms with van der Waals surface area (Å²) in [6, 6.07) is 0. The van der Waals surface area contributed by atoms with Crippen molar-refractivity contribution in [2.45, 2.75) is 18.9 Å². The maximum absolute atomic E-state index is 10.9. The van der Waals surface area contributed by atoms with Gasteiger partial charge >= 0.3 is 0 Å². The number of carbonyl (C=O) groups excluding carboxylic acids is 1. The van der Waals surface area contributed by atoms with Gasteiger partial charge in [0.05, 0.1) is 12.2 Å². The van der Waals surface area contributed by atoms with E-state index in [1.54, 1.807) is 0 Å². The highest BCUT2D eigenvalue weighted by atomic mass is 16.5. The molecule has 0 aliphatic carbocycles. The molecule has 2 heterocycles. The second kappa shape index (κ2) is 3.27. The SMILES string of the molecule is CC1(C2CCOC2)CNC(=O)CO1.